The maximum absolute atomic E-state index is 12.8. The highest BCUT2D eigenvalue weighted by atomic mass is 32.2. The molecule has 156 valence electrons. The Morgan fingerprint density at radius 1 is 1.17 bits per heavy atom. The van der Waals surface area contributed by atoms with Crippen LogP contribution in [0.4, 0.5) is 0 Å². The zero-order valence-electron chi connectivity index (χ0n) is 16.8. The second-order valence-corrected chi connectivity index (χ2v) is 8.56. The average Bonchev–Trinajstić information content (AvgIpc) is 2.99. The number of hydrogen-bond donors (Lipinski definition) is 0. The molecule has 7 nitrogen and oxygen atoms in total. The predicted octanol–water partition coefficient (Wildman–Crippen LogP) is 2.07. The predicted molar refractivity (Wildman–Crippen MR) is 118 cm³/mol. The third kappa shape index (κ3) is 5.09. The highest BCUT2D eigenvalue weighted by Gasteiger charge is 2.32. The Kier molecular flexibility index (Phi) is 7.15. The number of hydrogen-bond acceptors (Lipinski definition) is 7. The van der Waals surface area contributed by atoms with Crippen LogP contribution in [-0.4, -0.2) is 84.8 Å². The Labute approximate surface area is 180 Å². The summed E-state index contributed by atoms with van der Waals surface area (Å²) in [5.74, 6) is 1.12. The van der Waals surface area contributed by atoms with Gasteiger partial charge < -0.3 is 19.3 Å². The monoisotopic (exact) mass is 435 g/mol. The number of likely N-dealkylation sites (N-methyl/N-ethyl adjacent to an activating group) is 1. The van der Waals surface area contributed by atoms with Gasteiger partial charge >= 0.3 is 0 Å². The Morgan fingerprint density at radius 2 is 1.86 bits per heavy atom. The van der Waals surface area contributed by atoms with E-state index < -0.39 is 0 Å². The number of ether oxygens (including phenoxy) is 2. The van der Waals surface area contributed by atoms with Crippen LogP contribution in [0.5, 0.6) is 11.5 Å². The number of nitrogens with zero attached hydrogens (tertiary/aromatic N) is 3. The molecule has 0 spiro atoms. The fraction of sp³-hybridized carbons (Fsp3) is 0.450. The third-order valence-corrected chi connectivity index (χ3v) is 6.36. The maximum Gasteiger partial charge on any atom is 0.266 e. The van der Waals surface area contributed by atoms with E-state index in [2.05, 4.69) is 4.90 Å². The lowest BCUT2D eigenvalue weighted by molar-refractivity contribution is -0.133. The van der Waals surface area contributed by atoms with Gasteiger partial charge in [0.05, 0.1) is 19.1 Å². The summed E-state index contributed by atoms with van der Waals surface area (Å²) in [6.45, 7) is 3.51. The Morgan fingerprint density at radius 3 is 2.52 bits per heavy atom. The normalized spacial score (nSPS) is 19.2. The topological polar surface area (TPSA) is 62.3 Å². The van der Waals surface area contributed by atoms with Crippen molar-refractivity contribution in [2.45, 2.75) is 6.42 Å². The zero-order valence-corrected chi connectivity index (χ0v) is 18.5. The fourth-order valence-corrected chi connectivity index (χ4v) is 4.52. The Bertz CT molecular complexity index is 835. The first-order valence-electron chi connectivity index (χ1n) is 9.36. The van der Waals surface area contributed by atoms with Crippen LogP contribution >= 0.6 is 24.0 Å². The van der Waals surface area contributed by atoms with Gasteiger partial charge in [0.2, 0.25) is 5.91 Å². The summed E-state index contributed by atoms with van der Waals surface area (Å²) < 4.78 is 11.0. The standard InChI is InChI=1S/C20H25N3O4S2/c1-21-8-10-22(11-9-21)18(24)6-7-23-19(25)17(29-20(23)28)13-14-4-5-15(26-2)16(12-14)27-3/h4-5,12-13H,6-11H2,1-3H3/b17-13-. The van der Waals surface area contributed by atoms with Crippen molar-refractivity contribution in [1.29, 1.82) is 0 Å². The summed E-state index contributed by atoms with van der Waals surface area (Å²) in [6.07, 6.45) is 2.06. The molecule has 0 N–H and O–H groups in total. The van der Waals surface area contributed by atoms with Gasteiger partial charge in [-0.15, -0.1) is 0 Å². The van der Waals surface area contributed by atoms with Gasteiger partial charge in [-0.1, -0.05) is 30.0 Å². The molecule has 0 bridgehead atoms. The van der Waals surface area contributed by atoms with Gasteiger partial charge in [0.1, 0.15) is 4.32 Å². The van der Waals surface area contributed by atoms with Crippen LogP contribution < -0.4 is 9.47 Å². The van der Waals surface area contributed by atoms with Gasteiger partial charge in [-0.2, -0.15) is 0 Å². The molecule has 0 aliphatic carbocycles. The summed E-state index contributed by atoms with van der Waals surface area (Å²) in [4.78, 5) is 31.4. The van der Waals surface area contributed by atoms with Gasteiger partial charge in [-0.25, -0.2) is 0 Å². The number of carbonyl (C=O) groups is 2. The van der Waals surface area contributed by atoms with Crippen LogP contribution in [0.15, 0.2) is 23.1 Å². The molecule has 0 atom stereocenters. The van der Waals surface area contributed by atoms with Gasteiger partial charge in [-0.05, 0) is 30.8 Å². The molecule has 2 heterocycles. The number of piperazine rings is 1. The largest absolute Gasteiger partial charge is 0.493 e. The molecule has 29 heavy (non-hydrogen) atoms. The molecule has 3 rings (SSSR count). The molecule has 2 amide bonds. The van der Waals surface area contributed by atoms with E-state index in [4.69, 9.17) is 21.7 Å². The molecule has 2 aliphatic rings. The van der Waals surface area contributed by atoms with E-state index in [9.17, 15) is 9.59 Å². The van der Waals surface area contributed by atoms with E-state index in [0.29, 0.717) is 27.3 Å². The zero-order chi connectivity index (χ0) is 21.0. The van der Waals surface area contributed by atoms with Gasteiger partial charge in [-0.3, -0.25) is 14.5 Å². The SMILES string of the molecule is COc1ccc(/C=C2\SC(=S)N(CCC(=O)N3CCN(C)CC3)C2=O)cc1OC. The van der Waals surface area contributed by atoms with Crippen LogP contribution in [0.25, 0.3) is 6.08 Å². The van der Waals surface area contributed by atoms with Crippen LogP contribution in [0.3, 0.4) is 0 Å². The van der Waals surface area contributed by atoms with Crippen LogP contribution in [-0.2, 0) is 9.59 Å². The summed E-state index contributed by atoms with van der Waals surface area (Å²) in [7, 11) is 5.19. The van der Waals surface area contributed by atoms with Gasteiger partial charge in [0, 0.05) is 39.1 Å². The average molecular weight is 436 g/mol. The van der Waals surface area contributed by atoms with Crippen molar-refractivity contribution in [2.24, 2.45) is 0 Å². The molecule has 1 aromatic rings. The number of carbonyl (C=O) groups excluding carboxylic acids is 2. The second kappa shape index (κ2) is 9.60. The lowest BCUT2D eigenvalue weighted by atomic mass is 10.2. The minimum absolute atomic E-state index is 0.0658. The minimum atomic E-state index is -0.166. The van der Waals surface area contributed by atoms with Crippen molar-refractivity contribution < 1.29 is 19.1 Å². The summed E-state index contributed by atoms with van der Waals surface area (Å²) in [5.41, 5.74) is 0.816. The third-order valence-electron chi connectivity index (χ3n) is 4.98. The molecule has 0 unspecified atom stereocenters. The highest BCUT2D eigenvalue weighted by Crippen LogP contribution is 2.34. The van der Waals surface area contributed by atoms with Crippen LogP contribution in [0, 0.1) is 0 Å². The van der Waals surface area contributed by atoms with Crippen LogP contribution in [0.1, 0.15) is 12.0 Å². The first-order valence-corrected chi connectivity index (χ1v) is 10.6. The molecule has 1 aromatic carbocycles. The van der Waals surface area contributed by atoms with Crippen LogP contribution in [0.2, 0.25) is 0 Å². The quantitative estimate of drug-likeness (QED) is 0.501. The van der Waals surface area contributed by atoms with Gasteiger partial charge in [0.25, 0.3) is 5.91 Å². The number of rotatable bonds is 6. The molecule has 0 saturated carbocycles. The van der Waals surface area contributed by atoms with E-state index in [0.717, 1.165) is 31.7 Å². The second-order valence-electron chi connectivity index (χ2n) is 6.88. The molecule has 9 heteroatoms. The summed E-state index contributed by atoms with van der Waals surface area (Å²) >= 11 is 6.63. The van der Waals surface area contributed by atoms with Crippen molar-refractivity contribution in [2.75, 3.05) is 54.0 Å². The molecule has 0 aromatic heterocycles. The number of benzene rings is 1. The molecular formula is C20H25N3O4S2. The molecule has 2 aliphatic heterocycles. The maximum atomic E-state index is 12.8. The fourth-order valence-electron chi connectivity index (χ4n) is 3.21. The van der Waals surface area contributed by atoms with Crippen molar-refractivity contribution in [1.82, 2.24) is 14.7 Å². The Balaban J connectivity index is 1.63. The first-order chi connectivity index (χ1) is 13.9. The molecular weight excluding hydrogens is 410 g/mol. The lowest BCUT2D eigenvalue weighted by Crippen LogP contribution is -2.47. The molecule has 2 saturated heterocycles. The number of methoxy groups -OCH3 is 2. The van der Waals surface area contributed by atoms with Crippen molar-refractivity contribution in [3.63, 3.8) is 0 Å². The molecule has 2 fully saturated rings. The van der Waals surface area contributed by atoms with E-state index in [1.54, 1.807) is 26.4 Å². The first kappa shape index (κ1) is 21.6. The van der Waals surface area contributed by atoms with E-state index in [-0.39, 0.29) is 18.2 Å². The number of amides is 2. The summed E-state index contributed by atoms with van der Waals surface area (Å²) in [6, 6.07) is 5.45. The van der Waals surface area contributed by atoms with Crippen molar-refractivity contribution >= 4 is 46.2 Å². The minimum Gasteiger partial charge on any atom is -0.493 e. The van der Waals surface area contributed by atoms with Crippen molar-refractivity contribution in [3.8, 4) is 11.5 Å². The highest BCUT2D eigenvalue weighted by molar-refractivity contribution is 8.26. The van der Waals surface area contributed by atoms with Crippen molar-refractivity contribution in [3.05, 3.63) is 28.7 Å². The summed E-state index contributed by atoms with van der Waals surface area (Å²) in [5, 5.41) is 0. The number of thioether (sulfide) groups is 1. The van der Waals surface area contributed by atoms with Gasteiger partial charge in [0.15, 0.2) is 11.5 Å². The number of thiocarbonyl (C=S) groups is 1. The Hall–Kier alpha value is -2.10. The lowest BCUT2D eigenvalue weighted by Gasteiger charge is -2.32. The molecule has 0 radical (unpaired) electrons. The smallest absolute Gasteiger partial charge is 0.266 e. The van der Waals surface area contributed by atoms with E-state index in [1.165, 1.54) is 16.7 Å². The van der Waals surface area contributed by atoms with E-state index >= 15 is 0 Å². The van der Waals surface area contributed by atoms with E-state index in [1.807, 2.05) is 24.1 Å².